The van der Waals surface area contributed by atoms with Gasteiger partial charge >= 0.3 is 0 Å². The van der Waals surface area contributed by atoms with Crippen LogP contribution in [-0.4, -0.2) is 96.4 Å². The zero-order valence-electron chi connectivity index (χ0n) is 20.9. The van der Waals surface area contributed by atoms with E-state index in [-0.39, 0.29) is 58.8 Å². The van der Waals surface area contributed by atoms with Crippen LogP contribution in [0.3, 0.4) is 0 Å². The van der Waals surface area contributed by atoms with Gasteiger partial charge in [0.1, 0.15) is 28.8 Å². The first-order chi connectivity index (χ1) is 17.2. The number of benzene rings is 1. The molecule has 0 saturated carbocycles. The number of piperazine rings is 1. The number of fused-ring (bicyclic) bond motifs is 2. The van der Waals surface area contributed by atoms with Gasteiger partial charge in [-0.25, -0.2) is 9.37 Å². The summed E-state index contributed by atoms with van der Waals surface area (Å²) in [6.07, 6.45) is 0.808. The predicted molar refractivity (Wildman–Crippen MR) is 137 cm³/mol. The summed E-state index contributed by atoms with van der Waals surface area (Å²) in [4.78, 5) is 25.0. The molecule has 2 saturated heterocycles. The number of amides is 1. The number of nitrogens with zero attached hydrogens (tertiary/aromatic N) is 4. The topological polar surface area (TPSA) is 81.2 Å². The van der Waals surface area contributed by atoms with Crippen LogP contribution in [-0.2, 0) is 0 Å². The molecule has 0 radical (unpaired) electrons. The number of hydrogen-bond acceptors (Lipinski definition) is 7. The number of aromatic nitrogens is 1. The van der Waals surface area contributed by atoms with E-state index in [0.29, 0.717) is 44.1 Å². The molecule has 3 aliphatic heterocycles. The number of halogens is 2. The summed E-state index contributed by atoms with van der Waals surface area (Å²) in [5, 5.41) is 12.9. The molecule has 0 aliphatic carbocycles. The van der Waals surface area contributed by atoms with Crippen LogP contribution >= 0.6 is 11.6 Å². The highest BCUT2D eigenvalue weighted by molar-refractivity contribution is 6.35. The smallest absolute Gasteiger partial charge is 0.261 e. The third-order valence-electron chi connectivity index (χ3n) is 7.64. The quantitative estimate of drug-likeness (QED) is 0.631. The molecule has 1 unspecified atom stereocenters. The lowest BCUT2D eigenvalue weighted by Crippen LogP contribution is -2.55. The highest BCUT2D eigenvalue weighted by Gasteiger charge is 2.45. The molecule has 0 bridgehead atoms. The van der Waals surface area contributed by atoms with Crippen LogP contribution in [0.25, 0.3) is 11.3 Å². The molecule has 194 valence electrons. The molecule has 2 atom stereocenters. The van der Waals surface area contributed by atoms with Crippen molar-refractivity contribution < 1.29 is 19.0 Å². The molecular formula is C26H33ClFN5O3. The number of pyridine rings is 1. The normalized spacial score (nSPS) is 23.4. The molecule has 8 nitrogen and oxygen atoms in total. The standard InChI is InChI=1S/C26H33ClFN5O3/c1-26(2)12-16(31(3)10-11-34)14-33(26)24-20-23(36-15-17-13-29-8-9-32(17)25(20)35)21(27)22(30-24)18-6-4-5-7-19(18)28/h4-7,16-17,29,34H,8-15H2,1-3H3/t16?,17-/m1/s1. The van der Waals surface area contributed by atoms with Crippen molar-refractivity contribution in [3.8, 4) is 17.0 Å². The van der Waals surface area contributed by atoms with Gasteiger partial charge in [-0.05, 0) is 39.4 Å². The van der Waals surface area contributed by atoms with Crippen molar-refractivity contribution in [2.45, 2.75) is 37.9 Å². The predicted octanol–water partition coefficient (Wildman–Crippen LogP) is 2.63. The Morgan fingerprint density at radius 1 is 1.36 bits per heavy atom. The van der Waals surface area contributed by atoms with Crippen LogP contribution in [0.5, 0.6) is 5.75 Å². The van der Waals surface area contributed by atoms with Crippen molar-refractivity contribution in [3.05, 3.63) is 40.7 Å². The van der Waals surface area contributed by atoms with Crippen molar-refractivity contribution in [2.24, 2.45) is 0 Å². The minimum atomic E-state index is -0.444. The number of nitrogens with one attached hydrogen (secondary N) is 1. The van der Waals surface area contributed by atoms with E-state index in [0.717, 1.165) is 6.42 Å². The molecule has 5 rings (SSSR count). The third-order valence-corrected chi connectivity index (χ3v) is 7.99. The lowest BCUT2D eigenvalue weighted by atomic mass is 9.98. The Bertz CT molecular complexity index is 1160. The lowest BCUT2D eigenvalue weighted by molar-refractivity contribution is 0.0606. The number of anilines is 1. The number of ether oxygens (including phenoxy) is 1. The van der Waals surface area contributed by atoms with E-state index in [1.165, 1.54) is 6.07 Å². The Hall–Kier alpha value is -2.46. The van der Waals surface area contributed by atoms with E-state index in [2.05, 4.69) is 29.0 Å². The Kier molecular flexibility index (Phi) is 6.84. The van der Waals surface area contributed by atoms with E-state index in [1.807, 2.05) is 11.9 Å². The van der Waals surface area contributed by atoms with Crippen LogP contribution < -0.4 is 15.0 Å². The van der Waals surface area contributed by atoms with Crippen molar-refractivity contribution in [2.75, 3.05) is 57.9 Å². The summed E-state index contributed by atoms with van der Waals surface area (Å²) in [5.41, 5.74) is 0.503. The van der Waals surface area contributed by atoms with E-state index in [1.54, 1.807) is 18.2 Å². The second kappa shape index (κ2) is 9.78. The monoisotopic (exact) mass is 517 g/mol. The first kappa shape index (κ1) is 25.2. The first-order valence-corrected chi connectivity index (χ1v) is 12.8. The van der Waals surface area contributed by atoms with Crippen LogP contribution in [0.2, 0.25) is 5.02 Å². The second-order valence-electron chi connectivity index (χ2n) is 10.4. The fourth-order valence-corrected chi connectivity index (χ4v) is 5.90. The minimum absolute atomic E-state index is 0.0656. The average molecular weight is 518 g/mol. The van der Waals surface area contributed by atoms with Gasteiger partial charge in [-0.1, -0.05) is 23.7 Å². The van der Waals surface area contributed by atoms with Crippen molar-refractivity contribution in [1.29, 1.82) is 0 Å². The van der Waals surface area contributed by atoms with E-state index in [9.17, 15) is 14.3 Å². The zero-order chi connectivity index (χ0) is 25.6. The van der Waals surface area contributed by atoms with Crippen molar-refractivity contribution >= 4 is 23.3 Å². The summed E-state index contributed by atoms with van der Waals surface area (Å²) in [7, 11) is 1.99. The maximum atomic E-state index is 14.9. The fourth-order valence-electron chi connectivity index (χ4n) is 5.60. The van der Waals surface area contributed by atoms with Gasteiger partial charge in [0.25, 0.3) is 5.91 Å². The van der Waals surface area contributed by atoms with Gasteiger partial charge < -0.3 is 25.0 Å². The molecule has 1 aromatic carbocycles. The molecule has 1 aromatic heterocycles. The Morgan fingerprint density at radius 2 is 2.14 bits per heavy atom. The molecule has 2 aromatic rings. The molecular weight excluding hydrogens is 485 g/mol. The average Bonchev–Trinajstić information content (AvgIpc) is 3.10. The maximum absolute atomic E-state index is 14.9. The Morgan fingerprint density at radius 3 is 2.89 bits per heavy atom. The summed E-state index contributed by atoms with van der Waals surface area (Å²) in [5.74, 6) is 0.117. The molecule has 2 fully saturated rings. The minimum Gasteiger partial charge on any atom is -0.489 e. The molecule has 0 spiro atoms. The molecule has 36 heavy (non-hydrogen) atoms. The van der Waals surface area contributed by atoms with Crippen LogP contribution in [0.1, 0.15) is 30.6 Å². The van der Waals surface area contributed by atoms with E-state index in [4.69, 9.17) is 21.3 Å². The Labute approximate surface area is 216 Å². The zero-order valence-corrected chi connectivity index (χ0v) is 21.7. The van der Waals surface area contributed by atoms with Crippen LogP contribution in [0.15, 0.2) is 24.3 Å². The highest BCUT2D eigenvalue weighted by atomic mass is 35.5. The van der Waals surface area contributed by atoms with Gasteiger partial charge in [-0.2, -0.15) is 0 Å². The summed E-state index contributed by atoms with van der Waals surface area (Å²) < 4.78 is 21.2. The third kappa shape index (κ3) is 4.32. The van der Waals surface area contributed by atoms with Crippen LogP contribution in [0.4, 0.5) is 10.2 Å². The highest BCUT2D eigenvalue weighted by Crippen LogP contribution is 2.46. The van der Waals surface area contributed by atoms with Gasteiger partial charge in [0, 0.05) is 49.9 Å². The molecule has 3 aliphatic rings. The van der Waals surface area contributed by atoms with Gasteiger partial charge in [-0.3, -0.25) is 9.69 Å². The fraction of sp³-hybridized carbons (Fsp3) is 0.538. The number of likely N-dealkylation sites (N-methyl/N-ethyl adjacent to an activating group) is 1. The van der Waals surface area contributed by atoms with Crippen LogP contribution in [0, 0.1) is 5.82 Å². The maximum Gasteiger partial charge on any atom is 0.261 e. The molecule has 1 amide bonds. The van der Waals surface area contributed by atoms with Gasteiger partial charge in [0.2, 0.25) is 0 Å². The number of carbonyl (C=O) groups is 1. The SMILES string of the molecule is CN(CCO)C1CN(c2nc(-c3ccccc3F)c(Cl)c3c2C(=O)N2CCNC[C@@H]2CO3)C(C)(C)C1. The van der Waals surface area contributed by atoms with E-state index < -0.39 is 5.82 Å². The largest absolute Gasteiger partial charge is 0.489 e. The number of hydrogen-bond donors (Lipinski definition) is 2. The molecule has 2 N–H and O–H groups in total. The first-order valence-electron chi connectivity index (χ1n) is 12.4. The summed E-state index contributed by atoms with van der Waals surface area (Å²) >= 11 is 6.84. The van der Waals surface area contributed by atoms with Gasteiger partial charge in [0.15, 0.2) is 5.75 Å². The Balaban J connectivity index is 1.69. The van der Waals surface area contributed by atoms with Gasteiger partial charge in [-0.15, -0.1) is 0 Å². The lowest BCUT2D eigenvalue weighted by Gasteiger charge is -2.36. The number of aliphatic hydroxyl groups is 1. The number of rotatable bonds is 5. The van der Waals surface area contributed by atoms with E-state index >= 15 is 0 Å². The van der Waals surface area contributed by atoms with Gasteiger partial charge in [0.05, 0.1) is 18.3 Å². The summed E-state index contributed by atoms with van der Waals surface area (Å²) in [6.45, 7) is 7.61. The van der Waals surface area contributed by atoms with Crippen molar-refractivity contribution in [3.63, 3.8) is 0 Å². The summed E-state index contributed by atoms with van der Waals surface area (Å²) in [6, 6.07) is 6.38. The number of carbonyl (C=O) groups excluding carboxylic acids is 1. The van der Waals surface area contributed by atoms with Crippen molar-refractivity contribution in [1.82, 2.24) is 20.1 Å². The second-order valence-corrected chi connectivity index (χ2v) is 10.8. The number of aliphatic hydroxyl groups excluding tert-OH is 1. The molecule has 4 heterocycles. The molecule has 10 heteroatoms.